The number of methoxy groups -OCH3 is 1. The zero-order chi connectivity index (χ0) is 20.1. The van der Waals surface area contributed by atoms with E-state index in [2.05, 4.69) is 4.98 Å². The normalized spacial score (nSPS) is 14.7. The Hall–Kier alpha value is -2.67. The maximum atomic E-state index is 12.4. The van der Waals surface area contributed by atoms with Crippen molar-refractivity contribution in [3.63, 3.8) is 0 Å². The Bertz CT molecular complexity index is 850. The summed E-state index contributed by atoms with van der Waals surface area (Å²) in [6.07, 6.45) is 3.31. The third kappa shape index (κ3) is 4.78. The van der Waals surface area contributed by atoms with Crippen molar-refractivity contribution in [2.45, 2.75) is 13.8 Å². The van der Waals surface area contributed by atoms with E-state index in [1.807, 2.05) is 48.4 Å². The van der Waals surface area contributed by atoms with Crippen LogP contribution in [0.1, 0.15) is 19.5 Å². The minimum atomic E-state index is -0.0457. The third-order valence-electron chi connectivity index (χ3n) is 4.65. The van der Waals surface area contributed by atoms with Gasteiger partial charge >= 0.3 is 0 Å². The lowest BCUT2D eigenvalue weighted by Crippen LogP contribution is -2.51. The summed E-state index contributed by atoms with van der Waals surface area (Å²) in [4.78, 5) is 32.6. The molecule has 0 atom stereocenters. The number of nitrogens with zero attached hydrogens (tertiary/aromatic N) is 3. The molecule has 1 aliphatic heterocycles. The van der Waals surface area contributed by atoms with Crippen LogP contribution in [0.25, 0.3) is 16.6 Å². The molecule has 3 rings (SSSR count). The van der Waals surface area contributed by atoms with Crippen LogP contribution in [-0.4, -0.2) is 59.9 Å². The zero-order valence-corrected chi connectivity index (χ0v) is 17.2. The predicted octanol–water partition coefficient (Wildman–Crippen LogP) is 3.16. The lowest BCUT2D eigenvalue weighted by atomic mass is 10.1. The number of thiazole rings is 1. The highest BCUT2D eigenvalue weighted by Gasteiger charge is 2.24. The number of carbonyl (C=O) groups is 2. The van der Waals surface area contributed by atoms with Gasteiger partial charge in [-0.1, -0.05) is 13.8 Å². The highest BCUT2D eigenvalue weighted by Crippen LogP contribution is 2.26. The molecule has 0 aliphatic carbocycles. The van der Waals surface area contributed by atoms with Crippen LogP contribution < -0.4 is 4.74 Å². The van der Waals surface area contributed by atoms with Gasteiger partial charge < -0.3 is 14.5 Å². The van der Waals surface area contributed by atoms with Gasteiger partial charge in [0.25, 0.3) is 0 Å². The molecule has 1 aliphatic rings. The van der Waals surface area contributed by atoms with Crippen LogP contribution in [0.15, 0.2) is 35.7 Å². The van der Waals surface area contributed by atoms with E-state index in [0.717, 1.165) is 22.0 Å². The van der Waals surface area contributed by atoms with Crippen molar-refractivity contribution in [3.8, 4) is 16.3 Å². The summed E-state index contributed by atoms with van der Waals surface area (Å²) in [5.41, 5.74) is 1.78. The average molecular weight is 400 g/mol. The van der Waals surface area contributed by atoms with Crippen molar-refractivity contribution in [2.24, 2.45) is 5.92 Å². The van der Waals surface area contributed by atoms with Crippen LogP contribution in [0, 0.1) is 5.92 Å². The number of rotatable bonds is 5. The number of piperazine rings is 1. The van der Waals surface area contributed by atoms with E-state index in [4.69, 9.17) is 4.74 Å². The number of amides is 2. The Balaban J connectivity index is 1.56. The first-order chi connectivity index (χ1) is 13.5. The number of ether oxygens (including phenoxy) is 1. The molecule has 0 saturated carbocycles. The summed E-state index contributed by atoms with van der Waals surface area (Å²) in [6, 6.07) is 7.74. The van der Waals surface area contributed by atoms with Crippen LogP contribution in [0.4, 0.5) is 0 Å². The third-order valence-corrected chi connectivity index (χ3v) is 5.56. The zero-order valence-electron chi connectivity index (χ0n) is 16.4. The molecule has 0 spiro atoms. The van der Waals surface area contributed by atoms with E-state index < -0.39 is 0 Å². The Labute approximate surface area is 169 Å². The second kappa shape index (κ2) is 9.01. The van der Waals surface area contributed by atoms with Gasteiger partial charge in [0, 0.05) is 49.1 Å². The molecule has 2 aromatic rings. The predicted molar refractivity (Wildman–Crippen MR) is 111 cm³/mol. The van der Waals surface area contributed by atoms with E-state index in [-0.39, 0.29) is 17.7 Å². The first-order valence-corrected chi connectivity index (χ1v) is 10.2. The molecule has 7 heteroatoms. The van der Waals surface area contributed by atoms with Gasteiger partial charge in [-0.25, -0.2) is 4.98 Å². The molecule has 28 heavy (non-hydrogen) atoms. The van der Waals surface area contributed by atoms with Crippen LogP contribution >= 0.6 is 11.3 Å². The summed E-state index contributed by atoms with van der Waals surface area (Å²) in [7, 11) is 1.64. The summed E-state index contributed by atoms with van der Waals surface area (Å²) in [5.74, 6) is 0.903. The Morgan fingerprint density at radius 2 is 1.75 bits per heavy atom. The summed E-state index contributed by atoms with van der Waals surface area (Å²) in [5, 5.41) is 2.83. The van der Waals surface area contributed by atoms with Crippen molar-refractivity contribution >= 4 is 29.2 Å². The SMILES string of the molecule is COc1ccc(-c2nc(C=CC(=O)N3CCN(C(=O)C(C)C)CC3)cs2)cc1. The Morgan fingerprint density at radius 1 is 1.11 bits per heavy atom. The lowest BCUT2D eigenvalue weighted by molar-refractivity contribution is -0.139. The van der Waals surface area contributed by atoms with Crippen molar-refractivity contribution in [3.05, 3.63) is 41.4 Å². The van der Waals surface area contributed by atoms with Crippen molar-refractivity contribution in [1.29, 1.82) is 0 Å². The van der Waals surface area contributed by atoms with Gasteiger partial charge in [0.15, 0.2) is 0 Å². The molecule has 0 radical (unpaired) electrons. The van der Waals surface area contributed by atoms with E-state index in [9.17, 15) is 9.59 Å². The fraction of sp³-hybridized carbons (Fsp3) is 0.381. The van der Waals surface area contributed by atoms with Gasteiger partial charge in [-0.05, 0) is 30.3 Å². The molecule has 0 bridgehead atoms. The maximum Gasteiger partial charge on any atom is 0.246 e. The molecule has 1 aromatic heterocycles. The average Bonchev–Trinajstić information content (AvgIpc) is 3.20. The fourth-order valence-corrected chi connectivity index (χ4v) is 3.80. The molecule has 148 valence electrons. The fourth-order valence-electron chi connectivity index (χ4n) is 3.00. The van der Waals surface area contributed by atoms with Crippen LogP contribution in [0.5, 0.6) is 5.75 Å². The van der Waals surface area contributed by atoms with Crippen LogP contribution in [-0.2, 0) is 9.59 Å². The highest BCUT2D eigenvalue weighted by atomic mass is 32.1. The molecular formula is C21H25N3O3S. The first kappa shape index (κ1) is 20.1. The van der Waals surface area contributed by atoms with Crippen molar-refractivity contribution in [2.75, 3.05) is 33.3 Å². The number of aromatic nitrogens is 1. The summed E-state index contributed by atoms with van der Waals surface area (Å²) < 4.78 is 5.17. The van der Waals surface area contributed by atoms with E-state index in [1.54, 1.807) is 24.2 Å². The van der Waals surface area contributed by atoms with E-state index in [1.165, 1.54) is 11.3 Å². The lowest BCUT2D eigenvalue weighted by Gasteiger charge is -2.35. The maximum absolute atomic E-state index is 12.4. The van der Waals surface area contributed by atoms with Crippen molar-refractivity contribution < 1.29 is 14.3 Å². The van der Waals surface area contributed by atoms with Gasteiger partial charge in [-0.15, -0.1) is 11.3 Å². The first-order valence-electron chi connectivity index (χ1n) is 9.33. The topological polar surface area (TPSA) is 62.7 Å². The molecule has 6 nitrogen and oxygen atoms in total. The monoisotopic (exact) mass is 399 g/mol. The number of benzene rings is 1. The van der Waals surface area contributed by atoms with Gasteiger partial charge in [0.1, 0.15) is 10.8 Å². The molecule has 0 unspecified atom stereocenters. The second-order valence-corrected chi connectivity index (χ2v) is 7.80. The van der Waals surface area contributed by atoms with Crippen molar-refractivity contribution in [1.82, 2.24) is 14.8 Å². The largest absolute Gasteiger partial charge is 0.497 e. The molecule has 1 saturated heterocycles. The van der Waals surface area contributed by atoms with Gasteiger partial charge in [0.2, 0.25) is 11.8 Å². The molecule has 0 N–H and O–H groups in total. The summed E-state index contributed by atoms with van der Waals surface area (Å²) >= 11 is 1.54. The van der Waals surface area contributed by atoms with Gasteiger partial charge in [0.05, 0.1) is 12.8 Å². The molecule has 2 heterocycles. The minimum absolute atomic E-state index is 0.00768. The van der Waals surface area contributed by atoms with Gasteiger partial charge in [-0.2, -0.15) is 0 Å². The molecule has 1 aromatic carbocycles. The number of hydrogen-bond acceptors (Lipinski definition) is 5. The van der Waals surface area contributed by atoms with E-state index >= 15 is 0 Å². The van der Waals surface area contributed by atoms with Gasteiger partial charge in [-0.3, -0.25) is 9.59 Å². The Morgan fingerprint density at radius 3 is 2.36 bits per heavy atom. The number of hydrogen-bond donors (Lipinski definition) is 0. The minimum Gasteiger partial charge on any atom is -0.497 e. The second-order valence-electron chi connectivity index (χ2n) is 6.94. The highest BCUT2D eigenvalue weighted by molar-refractivity contribution is 7.13. The van der Waals surface area contributed by atoms with Crippen LogP contribution in [0.2, 0.25) is 0 Å². The smallest absolute Gasteiger partial charge is 0.246 e. The quantitative estimate of drug-likeness (QED) is 0.725. The van der Waals surface area contributed by atoms with Crippen LogP contribution in [0.3, 0.4) is 0 Å². The Kier molecular flexibility index (Phi) is 6.46. The molecule has 1 fully saturated rings. The molecular weight excluding hydrogens is 374 g/mol. The van der Waals surface area contributed by atoms with E-state index in [0.29, 0.717) is 26.2 Å². The standard InChI is InChI=1S/C21H25N3O3S/c1-15(2)21(26)24-12-10-23(11-13-24)19(25)9-6-17-14-28-20(22-17)16-4-7-18(27-3)8-5-16/h4-9,14-15H,10-13H2,1-3H3. The number of carbonyl (C=O) groups excluding carboxylic acids is 2. The summed E-state index contributed by atoms with van der Waals surface area (Å²) in [6.45, 7) is 6.11. The molecule has 2 amide bonds.